The maximum Gasteiger partial charge on any atom is 0.322 e. The molecule has 3 aliphatic rings. The average molecular weight is 421 g/mol. The van der Waals surface area contributed by atoms with Crippen molar-refractivity contribution in [1.29, 1.82) is 0 Å². The van der Waals surface area contributed by atoms with E-state index in [0.717, 1.165) is 0 Å². The molecular weight excluding hydrogens is 394 g/mol. The second-order valence-corrected chi connectivity index (χ2v) is 7.66. The fraction of sp³-hybridized carbons (Fsp3) is 0.600. The molecule has 1 aromatic rings. The molecule has 0 aromatic heterocycles. The Morgan fingerprint density at radius 2 is 2.03 bits per heavy atom. The van der Waals surface area contributed by atoms with Gasteiger partial charge in [0.1, 0.15) is 6.10 Å². The van der Waals surface area contributed by atoms with E-state index in [-0.39, 0.29) is 63.2 Å². The van der Waals surface area contributed by atoms with E-state index in [2.05, 4.69) is 10.6 Å². The second kappa shape index (κ2) is 9.07. The Bertz CT molecular complexity index is 790. The molecule has 164 valence electrons. The fourth-order valence-corrected chi connectivity index (χ4v) is 4.05. The van der Waals surface area contributed by atoms with E-state index >= 15 is 0 Å². The molecule has 1 aromatic carbocycles. The Kier molecular flexibility index (Phi) is 6.26. The van der Waals surface area contributed by atoms with Crippen molar-refractivity contribution < 1.29 is 33.6 Å². The fourth-order valence-electron chi connectivity index (χ4n) is 4.05. The predicted molar refractivity (Wildman–Crippen MR) is 105 cm³/mol. The van der Waals surface area contributed by atoms with Crippen LogP contribution in [0.5, 0.6) is 11.5 Å². The number of ether oxygens (including phenoxy) is 4. The van der Waals surface area contributed by atoms with Crippen molar-refractivity contribution >= 4 is 17.6 Å². The van der Waals surface area contributed by atoms with E-state index in [0.29, 0.717) is 30.0 Å². The topological polar surface area (TPSA) is 119 Å². The molecule has 0 aliphatic carbocycles. The van der Waals surface area contributed by atoms with E-state index in [9.17, 15) is 14.7 Å². The van der Waals surface area contributed by atoms with Gasteiger partial charge in [0.05, 0.1) is 44.4 Å². The SMILES string of the molecule is CNC(=O)C[C@@H]1CC[C@H]2[C@@H](COC[C@H](O)CN2C(=O)Nc2ccc3c(c2)OCO3)O1. The van der Waals surface area contributed by atoms with Gasteiger partial charge in [-0.1, -0.05) is 0 Å². The number of urea groups is 1. The van der Waals surface area contributed by atoms with E-state index < -0.39 is 6.10 Å². The molecule has 0 unspecified atom stereocenters. The molecule has 0 bridgehead atoms. The summed E-state index contributed by atoms with van der Waals surface area (Å²) in [6, 6.07) is 4.58. The van der Waals surface area contributed by atoms with Crippen LogP contribution in [0.15, 0.2) is 18.2 Å². The van der Waals surface area contributed by atoms with E-state index in [4.69, 9.17) is 18.9 Å². The Balaban J connectivity index is 1.47. The van der Waals surface area contributed by atoms with Gasteiger partial charge < -0.3 is 39.6 Å². The first-order valence-electron chi connectivity index (χ1n) is 10.1. The first kappa shape index (κ1) is 20.7. The number of aliphatic hydroxyl groups is 1. The molecule has 4 atom stereocenters. The number of aliphatic hydroxyl groups excluding tert-OH is 1. The summed E-state index contributed by atoms with van der Waals surface area (Å²) in [6.45, 7) is 0.644. The summed E-state index contributed by atoms with van der Waals surface area (Å²) in [5, 5.41) is 15.7. The first-order valence-corrected chi connectivity index (χ1v) is 10.1. The number of β-amino-alcohol motifs (C(OH)–C–C–N with tert-alkyl or cyclic N) is 1. The minimum atomic E-state index is -0.794. The summed E-state index contributed by atoms with van der Waals surface area (Å²) in [5.74, 6) is 1.12. The van der Waals surface area contributed by atoms with Crippen LogP contribution in [0, 0.1) is 0 Å². The lowest BCUT2D eigenvalue weighted by atomic mass is 9.95. The highest BCUT2D eigenvalue weighted by Crippen LogP contribution is 2.34. The maximum atomic E-state index is 13.1. The van der Waals surface area contributed by atoms with Gasteiger partial charge in [0.15, 0.2) is 11.5 Å². The number of nitrogens with one attached hydrogen (secondary N) is 2. The van der Waals surface area contributed by atoms with Gasteiger partial charge in [0.2, 0.25) is 12.7 Å². The van der Waals surface area contributed by atoms with Gasteiger partial charge in [-0.2, -0.15) is 0 Å². The highest BCUT2D eigenvalue weighted by atomic mass is 16.7. The lowest BCUT2D eigenvalue weighted by Gasteiger charge is -2.44. The van der Waals surface area contributed by atoms with Crippen LogP contribution in [0.4, 0.5) is 10.5 Å². The number of carbonyl (C=O) groups is 2. The highest BCUT2D eigenvalue weighted by molar-refractivity contribution is 5.90. The number of fused-ring (bicyclic) bond motifs is 2. The number of hydrogen-bond donors (Lipinski definition) is 3. The summed E-state index contributed by atoms with van der Waals surface area (Å²) in [7, 11) is 1.59. The number of benzene rings is 1. The minimum Gasteiger partial charge on any atom is -0.454 e. The van der Waals surface area contributed by atoms with Crippen molar-refractivity contribution in [2.45, 2.75) is 43.6 Å². The number of nitrogens with zero attached hydrogens (tertiary/aromatic N) is 1. The number of anilines is 1. The van der Waals surface area contributed by atoms with E-state index in [1.165, 1.54) is 0 Å². The van der Waals surface area contributed by atoms with Gasteiger partial charge in [-0.25, -0.2) is 4.79 Å². The largest absolute Gasteiger partial charge is 0.454 e. The van der Waals surface area contributed by atoms with Crippen molar-refractivity contribution in [3.63, 3.8) is 0 Å². The highest BCUT2D eigenvalue weighted by Gasteiger charge is 2.40. The van der Waals surface area contributed by atoms with Gasteiger partial charge in [-0.3, -0.25) is 4.79 Å². The van der Waals surface area contributed by atoms with Gasteiger partial charge in [-0.15, -0.1) is 0 Å². The third-order valence-electron chi connectivity index (χ3n) is 5.56. The molecule has 2 fully saturated rings. The Morgan fingerprint density at radius 3 is 2.87 bits per heavy atom. The number of rotatable bonds is 3. The van der Waals surface area contributed by atoms with E-state index in [1.807, 2.05) is 0 Å². The third kappa shape index (κ3) is 4.61. The number of hydrogen-bond acceptors (Lipinski definition) is 7. The molecule has 10 heteroatoms. The molecule has 2 saturated heterocycles. The van der Waals surface area contributed by atoms with Crippen LogP contribution in [-0.4, -0.2) is 79.9 Å². The van der Waals surface area contributed by atoms with Crippen LogP contribution in [-0.2, 0) is 14.3 Å². The summed E-state index contributed by atoms with van der Waals surface area (Å²) >= 11 is 0. The standard InChI is InChI=1S/C20H27N3O7/c1-21-19(25)7-14-3-4-15-18(30-14)10-27-9-13(24)8-23(15)20(26)22-12-2-5-16-17(6-12)29-11-28-16/h2,5-6,13-15,18,24H,3-4,7-11H2,1H3,(H,21,25)(H,22,26)/t13-,14+,15+,18-/m1/s1. The summed E-state index contributed by atoms with van der Waals surface area (Å²) < 4.78 is 22.3. The Morgan fingerprint density at radius 1 is 1.20 bits per heavy atom. The molecule has 4 rings (SSSR count). The van der Waals surface area contributed by atoms with Crippen LogP contribution in [0.1, 0.15) is 19.3 Å². The Hall–Kier alpha value is -2.56. The van der Waals surface area contributed by atoms with Crippen molar-refractivity contribution in [2.75, 3.05) is 38.9 Å². The molecule has 3 amide bonds. The molecule has 3 aliphatic heterocycles. The van der Waals surface area contributed by atoms with Crippen LogP contribution in [0.3, 0.4) is 0 Å². The van der Waals surface area contributed by atoms with Crippen molar-refractivity contribution in [3.8, 4) is 11.5 Å². The molecule has 3 heterocycles. The Labute approximate surface area is 174 Å². The smallest absolute Gasteiger partial charge is 0.322 e. The molecule has 10 nitrogen and oxygen atoms in total. The quantitative estimate of drug-likeness (QED) is 0.657. The lowest BCUT2D eigenvalue weighted by Crippen LogP contribution is -2.58. The molecule has 0 saturated carbocycles. The first-order chi connectivity index (χ1) is 14.5. The zero-order valence-electron chi connectivity index (χ0n) is 16.8. The van der Waals surface area contributed by atoms with Gasteiger partial charge >= 0.3 is 6.03 Å². The van der Waals surface area contributed by atoms with Gasteiger partial charge in [0, 0.05) is 18.8 Å². The van der Waals surface area contributed by atoms with Crippen LogP contribution in [0.2, 0.25) is 0 Å². The van der Waals surface area contributed by atoms with Crippen molar-refractivity contribution in [1.82, 2.24) is 10.2 Å². The number of carbonyl (C=O) groups excluding carboxylic acids is 2. The van der Waals surface area contributed by atoms with E-state index in [1.54, 1.807) is 30.1 Å². The van der Waals surface area contributed by atoms with Crippen LogP contribution >= 0.6 is 0 Å². The minimum absolute atomic E-state index is 0.0851. The molecule has 30 heavy (non-hydrogen) atoms. The summed E-state index contributed by atoms with van der Waals surface area (Å²) in [6.07, 6.45) is 0.166. The summed E-state index contributed by atoms with van der Waals surface area (Å²) in [4.78, 5) is 26.4. The predicted octanol–water partition coefficient (Wildman–Crippen LogP) is 0.693. The van der Waals surface area contributed by atoms with Crippen molar-refractivity contribution in [2.24, 2.45) is 0 Å². The zero-order valence-corrected chi connectivity index (χ0v) is 16.8. The van der Waals surface area contributed by atoms with Crippen LogP contribution < -0.4 is 20.1 Å². The molecular formula is C20H27N3O7. The lowest BCUT2D eigenvalue weighted by molar-refractivity contribution is -0.149. The van der Waals surface area contributed by atoms with Gasteiger partial charge in [-0.05, 0) is 25.0 Å². The molecule has 0 spiro atoms. The van der Waals surface area contributed by atoms with Crippen molar-refractivity contribution in [3.05, 3.63) is 18.2 Å². The van der Waals surface area contributed by atoms with Gasteiger partial charge in [0.25, 0.3) is 0 Å². The second-order valence-electron chi connectivity index (χ2n) is 7.66. The molecule has 3 N–H and O–H groups in total. The van der Waals surface area contributed by atoms with Crippen LogP contribution in [0.25, 0.3) is 0 Å². The normalized spacial score (nSPS) is 28.1. The monoisotopic (exact) mass is 421 g/mol. The zero-order chi connectivity index (χ0) is 21.1. The summed E-state index contributed by atoms with van der Waals surface area (Å²) in [5.41, 5.74) is 0.572. The molecule has 0 radical (unpaired) electrons. The maximum absolute atomic E-state index is 13.1. The number of amides is 3. The average Bonchev–Trinajstić information content (AvgIpc) is 3.19. The third-order valence-corrected chi connectivity index (χ3v) is 5.56.